The zero-order chi connectivity index (χ0) is 20.9. The van der Waals surface area contributed by atoms with E-state index in [1.54, 1.807) is 16.7 Å². The number of carbonyl (C=O) groups excluding carboxylic acids is 1. The lowest BCUT2D eigenvalue weighted by molar-refractivity contribution is 0.0978. The van der Waals surface area contributed by atoms with E-state index in [0.29, 0.717) is 11.8 Å². The van der Waals surface area contributed by atoms with Gasteiger partial charge in [0.1, 0.15) is 18.1 Å². The van der Waals surface area contributed by atoms with E-state index in [0.717, 1.165) is 22.8 Å². The summed E-state index contributed by atoms with van der Waals surface area (Å²) in [6.45, 7) is 3.33. The summed E-state index contributed by atoms with van der Waals surface area (Å²) in [6, 6.07) is 20.2. The minimum atomic E-state index is -0.261. The van der Waals surface area contributed by atoms with E-state index < -0.39 is 0 Å². The number of aromatic nitrogens is 2. The fraction of sp³-hybridized carbons (Fsp3) is 0.261. The van der Waals surface area contributed by atoms with Crippen molar-refractivity contribution in [3.8, 4) is 5.75 Å². The fourth-order valence-electron chi connectivity index (χ4n) is 3.33. The molecule has 2 aromatic carbocycles. The quantitative estimate of drug-likeness (QED) is 0.626. The van der Waals surface area contributed by atoms with Crippen molar-refractivity contribution in [1.29, 1.82) is 0 Å². The second-order valence-electron chi connectivity index (χ2n) is 7.08. The Kier molecular flexibility index (Phi) is 6.18. The summed E-state index contributed by atoms with van der Waals surface area (Å²) >= 11 is 1.78. The topological polar surface area (TPSA) is 64.4 Å². The molecule has 154 valence electrons. The molecule has 0 aliphatic carbocycles. The summed E-state index contributed by atoms with van der Waals surface area (Å²) in [5, 5.41) is 4.74. The highest BCUT2D eigenvalue weighted by Crippen LogP contribution is 2.37. The van der Waals surface area contributed by atoms with Gasteiger partial charge in [0.15, 0.2) is 0 Å². The van der Waals surface area contributed by atoms with Gasteiger partial charge in [-0.25, -0.2) is 4.68 Å². The molecule has 30 heavy (non-hydrogen) atoms. The lowest BCUT2D eigenvalue weighted by atomic mass is 10.2. The Bertz CT molecular complexity index is 1080. The predicted octanol–water partition coefficient (Wildman–Crippen LogP) is 3.85. The number of anilines is 1. The Hall–Kier alpha value is -3.06. The standard InChI is InChI=1S/C23H23N3O3S/c1-17-13-14-25(20-9-5-6-10-21(20)30-17)23(28)19-11-12-22(27)26(24-19)15-16-29-18-7-3-2-4-8-18/h2-12,17H,13-16H2,1H3. The molecular formula is C23H23N3O3S. The minimum Gasteiger partial charge on any atom is -0.492 e. The van der Waals surface area contributed by atoms with Gasteiger partial charge in [0, 0.05) is 22.8 Å². The largest absolute Gasteiger partial charge is 0.492 e. The van der Waals surface area contributed by atoms with Crippen molar-refractivity contribution < 1.29 is 9.53 Å². The van der Waals surface area contributed by atoms with Crippen molar-refractivity contribution in [2.75, 3.05) is 18.1 Å². The van der Waals surface area contributed by atoms with Crippen molar-refractivity contribution in [3.63, 3.8) is 0 Å². The lowest BCUT2D eigenvalue weighted by Crippen LogP contribution is -2.35. The van der Waals surface area contributed by atoms with Crippen LogP contribution in [0.2, 0.25) is 0 Å². The van der Waals surface area contributed by atoms with Gasteiger partial charge in [-0.05, 0) is 36.8 Å². The molecule has 1 aliphatic heterocycles. The van der Waals surface area contributed by atoms with Crippen LogP contribution in [0.3, 0.4) is 0 Å². The van der Waals surface area contributed by atoms with Crippen LogP contribution in [0.5, 0.6) is 5.75 Å². The van der Waals surface area contributed by atoms with Gasteiger partial charge in [-0.3, -0.25) is 9.59 Å². The summed E-state index contributed by atoms with van der Waals surface area (Å²) < 4.78 is 6.95. The van der Waals surface area contributed by atoms with E-state index >= 15 is 0 Å². The third-order valence-corrected chi connectivity index (χ3v) is 6.13. The fourth-order valence-corrected chi connectivity index (χ4v) is 4.44. The van der Waals surface area contributed by atoms with Crippen molar-refractivity contribution in [1.82, 2.24) is 9.78 Å². The number of fused-ring (bicyclic) bond motifs is 1. The summed E-state index contributed by atoms with van der Waals surface area (Å²) in [5.74, 6) is 0.528. The number of hydrogen-bond donors (Lipinski definition) is 0. The molecule has 7 heteroatoms. The maximum absolute atomic E-state index is 13.3. The van der Waals surface area contributed by atoms with Crippen LogP contribution < -0.4 is 15.2 Å². The van der Waals surface area contributed by atoms with Gasteiger partial charge in [0.25, 0.3) is 11.5 Å². The van der Waals surface area contributed by atoms with Gasteiger partial charge in [0.2, 0.25) is 0 Å². The van der Waals surface area contributed by atoms with E-state index in [1.807, 2.05) is 54.6 Å². The van der Waals surface area contributed by atoms with Crippen molar-refractivity contribution in [2.24, 2.45) is 0 Å². The molecule has 6 nitrogen and oxygen atoms in total. The number of amides is 1. The van der Waals surface area contributed by atoms with Gasteiger partial charge in [-0.15, -0.1) is 11.8 Å². The van der Waals surface area contributed by atoms with Gasteiger partial charge in [-0.1, -0.05) is 37.3 Å². The number of nitrogens with zero attached hydrogens (tertiary/aromatic N) is 3. The zero-order valence-corrected chi connectivity index (χ0v) is 17.5. The SMILES string of the molecule is CC1CCN(C(=O)c2ccc(=O)n(CCOc3ccccc3)n2)c2ccccc2S1. The summed E-state index contributed by atoms with van der Waals surface area (Å²) in [4.78, 5) is 28.4. The number of thioether (sulfide) groups is 1. The molecule has 2 heterocycles. The molecule has 0 saturated heterocycles. The molecule has 0 bridgehead atoms. The van der Waals surface area contributed by atoms with E-state index in [1.165, 1.54) is 16.8 Å². The first kappa shape index (κ1) is 20.2. The van der Waals surface area contributed by atoms with Crippen LogP contribution in [-0.2, 0) is 6.54 Å². The second-order valence-corrected chi connectivity index (χ2v) is 8.56. The summed E-state index contributed by atoms with van der Waals surface area (Å²) in [7, 11) is 0. The van der Waals surface area contributed by atoms with E-state index in [4.69, 9.17) is 4.74 Å². The highest BCUT2D eigenvalue weighted by atomic mass is 32.2. The molecule has 1 amide bonds. The van der Waals surface area contributed by atoms with Crippen molar-refractivity contribution in [2.45, 2.75) is 30.0 Å². The van der Waals surface area contributed by atoms with Gasteiger partial charge in [0.05, 0.1) is 12.2 Å². The Morgan fingerprint density at radius 2 is 1.87 bits per heavy atom. The highest BCUT2D eigenvalue weighted by molar-refractivity contribution is 8.00. The van der Waals surface area contributed by atoms with E-state index in [2.05, 4.69) is 12.0 Å². The van der Waals surface area contributed by atoms with Crippen LogP contribution in [0.1, 0.15) is 23.8 Å². The third kappa shape index (κ3) is 4.57. The monoisotopic (exact) mass is 421 g/mol. The number of hydrogen-bond acceptors (Lipinski definition) is 5. The Labute approximate surface area is 179 Å². The van der Waals surface area contributed by atoms with E-state index in [-0.39, 0.29) is 30.3 Å². The maximum atomic E-state index is 13.3. The maximum Gasteiger partial charge on any atom is 0.278 e. The molecule has 0 spiro atoms. The normalized spacial score (nSPS) is 15.9. The average Bonchev–Trinajstić information content (AvgIpc) is 2.93. The third-order valence-electron chi connectivity index (χ3n) is 4.89. The smallest absolute Gasteiger partial charge is 0.278 e. The number of rotatable bonds is 5. The molecule has 1 aromatic heterocycles. The predicted molar refractivity (Wildman–Crippen MR) is 118 cm³/mol. The summed E-state index contributed by atoms with van der Waals surface area (Å²) in [6.07, 6.45) is 0.885. The molecule has 3 aromatic rings. The molecule has 0 saturated carbocycles. The zero-order valence-electron chi connectivity index (χ0n) is 16.7. The first-order valence-corrected chi connectivity index (χ1v) is 10.8. The second kappa shape index (κ2) is 9.17. The lowest BCUT2D eigenvalue weighted by Gasteiger charge is -2.22. The van der Waals surface area contributed by atoms with Gasteiger partial charge in [-0.2, -0.15) is 5.10 Å². The molecule has 1 aliphatic rings. The highest BCUT2D eigenvalue weighted by Gasteiger charge is 2.26. The van der Waals surface area contributed by atoms with Crippen LogP contribution in [0.15, 0.2) is 76.4 Å². The average molecular weight is 422 g/mol. The number of para-hydroxylation sites is 2. The molecular weight excluding hydrogens is 398 g/mol. The van der Waals surface area contributed by atoms with E-state index in [9.17, 15) is 9.59 Å². The number of benzene rings is 2. The summed E-state index contributed by atoms with van der Waals surface area (Å²) in [5.41, 5.74) is 0.885. The first-order chi connectivity index (χ1) is 14.6. The first-order valence-electron chi connectivity index (χ1n) is 9.95. The molecule has 4 rings (SSSR count). The van der Waals surface area contributed by atoms with Crippen molar-refractivity contribution in [3.05, 3.63) is 82.8 Å². The van der Waals surface area contributed by atoms with Crippen LogP contribution >= 0.6 is 11.8 Å². The number of ether oxygens (including phenoxy) is 1. The molecule has 1 unspecified atom stereocenters. The van der Waals surface area contributed by atoms with Crippen molar-refractivity contribution >= 4 is 23.4 Å². The molecule has 0 radical (unpaired) electrons. The van der Waals surface area contributed by atoms with Crippen LogP contribution in [0.4, 0.5) is 5.69 Å². The van der Waals surface area contributed by atoms with Crippen LogP contribution in [-0.4, -0.2) is 34.1 Å². The Balaban J connectivity index is 1.53. The molecule has 1 atom stereocenters. The molecule has 0 fully saturated rings. The van der Waals surface area contributed by atoms with Gasteiger partial charge >= 0.3 is 0 Å². The van der Waals surface area contributed by atoms with Crippen LogP contribution in [0.25, 0.3) is 0 Å². The Morgan fingerprint density at radius 3 is 2.70 bits per heavy atom. The minimum absolute atomic E-state index is 0.199. The molecule has 0 N–H and O–H groups in total. The van der Waals surface area contributed by atoms with Crippen LogP contribution in [0, 0.1) is 0 Å². The Morgan fingerprint density at radius 1 is 1.10 bits per heavy atom. The number of carbonyl (C=O) groups is 1. The van der Waals surface area contributed by atoms with Gasteiger partial charge < -0.3 is 9.64 Å².